The topological polar surface area (TPSA) is 48.7 Å². The van der Waals surface area contributed by atoms with E-state index in [1.807, 2.05) is 35.7 Å². The Morgan fingerprint density at radius 2 is 2.03 bits per heavy atom. The molecule has 4 aromatic rings. The second-order valence-corrected chi connectivity index (χ2v) is 7.43. The van der Waals surface area contributed by atoms with Crippen molar-refractivity contribution < 1.29 is 9.29 Å². The molecule has 0 bridgehead atoms. The van der Waals surface area contributed by atoms with Crippen molar-refractivity contribution in [3.05, 3.63) is 87.7 Å². The van der Waals surface area contributed by atoms with Gasteiger partial charge in [-0.25, -0.2) is 4.39 Å². The van der Waals surface area contributed by atoms with Crippen molar-refractivity contribution in [2.45, 2.75) is 19.8 Å². The molecule has 0 saturated heterocycles. The highest BCUT2D eigenvalue weighted by Gasteiger charge is 2.16. The maximum Gasteiger partial charge on any atom is 0.263 e. The normalized spacial score (nSPS) is 12.5. The number of benzene rings is 2. The van der Waals surface area contributed by atoms with E-state index in [-0.39, 0.29) is 11.4 Å². The Hall–Kier alpha value is -3.10. The number of rotatable bonds is 6. The lowest BCUT2D eigenvalue weighted by Gasteiger charge is -2.13. The van der Waals surface area contributed by atoms with E-state index in [9.17, 15) is 9.18 Å². The number of aromatic nitrogens is 4. The maximum absolute atomic E-state index is 13.5. The molecule has 0 fully saturated rings. The summed E-state index contributed by atoms with van der Waals surface area (Å²) in [6, 6.07) is 13.9. The smallest absolute Gasteiger partial charge is 0.263 e. The van der Waals surface area contributed by atoms with Crippen molar-refractivity contribution >= 4 is 28.9 Å². The second-order valence-electron chi connectivity index (χ2n) is 7.06. The molecule has 4 rings (SSSR count). The zero-order chi connectivity index (χ0) is 20.5. The number of allylic oxidation sites excluding steroid dienone is 1. The predicted molar refractivity (Wildman–Crippen MR) is 113 cm³/mol. The van der Waals surface area contributed by atoms with Gasteiger partial charge >= 0.3 is 0 Å². The van der Waals surface area contributed by atoms with Gasteiger partial charge in [-0.05, 0) is 36.5 Å². The summed E-state index contributed by atoms with van der Waals surface area (Å²) < 4.78 is 19.1. The van der Waals surface area contributed by atoms with Crippen molar-refractivity contribution in [2.24, 2.45) is 0 Å². The molecule has 0 saturated carbocycles. The molecule has 29 heavy (non-hydrogen) atoms. The van der Waals surface area contributed by atoms with Crippen LogP contribution in [0, 0.1) is 10.6 Å². The van der Waals surface area contributed by atoms with E-state index in [0.717, 1.165) is 16.0 Å². The molecule has 2 aromatic heterocycles. The zero-order valence-corrected chi connectivity index (χ0v) is 16.8. The summed E-state index contributed by atoms with van der Waals surface area (Å²) >= 11 is 5.69. The van der Waals surface area contributed by atoms with E-state index in [2.05, 4.69) is 11.7 Å². The quantitative estimate of drug-likeness (QED) is 0.392. The highest BCUT2D eigenvalue weighted by Crippen LogP contribution is 2.14. The van der Waals surface area contributed by atoms with Crippen molar-refractivity contribution in [1.29, 1.82) is 0 Å². The number of quaternary nitrogens is 1. The van der Waals surface area contributed by atoms with Crippen LogP contribution in [0.5, 0.6) is 0 Å². The van der Waals surface area contributed by atoms with Crippen LogP contribution in [-0.2, 0) is 19.8 Å². The van der Waals surface area contributed by atoms with Gasteiger partial charge in [-0.3, -0.25) is 13.8 Å². The van der Waals surface area contributed by atoms with Crippen molar-refractivity contribution in [3.8, 4) is 0 Å². The molecule has 0 aliphatic carbocycles. The van der Waals surface area contributed by atoms with Gasteiger partial charge in [-0.15, -0.1) is 11.7 Å². The first-order chi connectivity index (χ1) is 14.0. The predicted octanol–water partition coefficient (Wildman–Crippen LogP) is 2.18. The molecule has 1 unspecified atom stereocenters. The fourth-order valence-electron chi connectivity index (χ4n) is 3.57. The Kier molecular flexibility index (Phi) is 5.12. The lowest BCUT2D eigenvalue weighted by Crippen LogP contribution is -3.07. The molecule has 1 atom stereocenters. The Morgan fingerprint density at radius 1 is 1.24 bits per heavy atom. The third-order valence-electron chi connectivity index (χ3n) is 4.81. The molecule has 2 aromatic carbocycles. The molecule has 0 aliphatic rings. The van der Waals surface area contributed by atoms with Crippen LogP contribution in [-0.4, -0.2) is 25.8 Å². The summed E-state index contributed by atoms with van der Waals surface area (Å²) in [5, 5.41) is 5.22. The fourth-order valence-corrected chi connectivity index (χ4v) is 3.86. The van der Waals surface area contributed by atoms with Gasteiger partial charge in [0.15, 0.2) is 6.67 Å². The first kappa shape index (κ1) is 19.2. The van der Waals surface area contributed by atoms with Crippen molar-refractivity contribution in [1.82, 2.24) is 18.7 Å². The Labute approximate surface area is 171 Å². The number of nitrogens with one attached hydrogen (secondary N) is 1. The van der Waals surface area contributed by atoms with Crippen molar-refractivity contribution in [2.75, 3.05) is 7.05 Å². The first-order valence-electron chi connectivity index (χ1n) is 9.27. The largest absolute Gasteiger partial charge is 0.315 e. The maximum atomic E-state index is 13.5. The minimum absolute atomic E-state index is 0.124. The second kappa shape index (κ2) is 7.73. The van der Waals surface area contributed by atoms with Crippen LogP contribution >= 0.6 is 12.2 Å². The molecule has 6 nitrogen and oxygen atoms in total. The number of hydrogen-bond acceptors (Lipinski definition) is 3. The molecule has 0 radical (unpaired) electrons. The summed E-state index contributed by atoms with van der Waals surface area (Å²) in [4.78, 5) is 14.0. The van der Waals surface area contributed by atoms with Crippen LogP contribution in [0.4, 0.5) is 4.39 Å². The lowest BCUT2D eigenvalue weighted by atomic mass is 10.2. The lowest BCUT2D eigenvalue weighted by molar-refractivity contribution is -0.917. The molecular formula is C21H21FN5OS+. The summed E-state index contributed by atoms with van der Waals surface area (Å²) in [6.07, 6.45) is 1.67. The Bertz CT molecular complexity index is 1340. The summed E-state index contributed by atoms with van der Waals surface area (Å²) in [7, 11) is 1.99. The first-order valence-corrected chi connectivity index (χ1v) is 9.68. The van der Waals surface area contributed by atoms with Crippen LogP contribution in [0.1, 0.15) is 5.56 Å². The minimum atomic E-state index is -0.250. The average molecular weight is 410 g/mol. The van der Waals surface area contributed by atoms with Gasteiger partial charge in [0.2, 0.25) is 10.5 Å². The molecule has 0 aliphatic heterocycles. The zero-order valence-electron chi connectivity index (χ0n) is 16.0. The minimum Gasteiger partial charge on any atom is -0.315 e. The monoisotopic (exact) mass is 410 g/mol. The third kappa shape index (κ3) is 3.52. The number of para-hydroxylation sites is 1. The van der Waals surface area contributed by atoms with E-state index in [0.29, 0.717) is 35.7 Å². The molecule has 0 spiro atoms. The van der Waals surface area contributed by atoms with Gasteiger partial charge in [0.1, 0.15) is 12.4 Å². The molecule has 148 valence electrons. The van der Waals surface area contributed by atoms with Gasteiger partial charge < -0.3 is 4.90 Å². The van der Waals surface area contributed by atoms with Gasteiger partial charge in [-0.2, -0.15) is 4.68 Å². The number of fused-ring (bicyclic) bond motifs is 3. The highest BCUT2D eigenvalue weighted by atomic mass is 32.1. The highest BCUT2D eigenvalue weighted by molar-refractivity contribution is 7.71. The van der Waals surface area contributed by atoms with Gasteiger partial charge in [0.25, 0.3) is 5.56 Å². The van der Waals surface area contributed by atoms with Crippen LogP contribution in [0.25, 0.3) is 16.7 Å². The van der Waals surface area contributed by atoms with E-state index >= 15 is 0 Å². The summed E-state index contributed by atoms with van der Waals surface area (Å²) in [5.41, 5.74) is 1.50. The van der Waals surface area contributed by atoms with Crippen LogP contribution in [0.3, 0.4) is 0 Å². The van der Waals surface area contributed by atoms with Gasteiger partial charge in [-0.1, -0.05) is 30.3 Å². The number of hydrogen-bond donors (Lipinski definition) is 1. The average Bonchev–Trinajstić information content (AvgIpc) is 3.01. The standard InChI is InChI=1S/C21H20FN5OS/c1-3-11-25-19(28)17-9-4-5-10-18(17)27-20(25)23-26(21(27)29)14-24(2)13-15-7-6-8-16(22)12-15/h3-10,12H,1,11,13-14H2,2H3/p+1. The van der Waals surface area contributed by atoms with E-state index in [1.54, 1.807) is 27.5 Å². The van der Waals surface area contributed by atoms with Gasteiger partial charge in [0, 0.05) is 12.1 Å². The Balaban J connectivity index is 1.80. The Morgan fingerprint density at radius 3 is 2.79 bits per heavy atom. The van der Waals surface area contributed by atoms with Crippen LogP contribution in [0.15, 0.2) is 66.0 Å². The summed E-state index contributed by atoms with van der Waals surface area (Å²) in [5.74, 6) is 0.233. The van der Waals surface area contributed by atoms with E-state index in [1.165, 1.54) is 12.1 Å². The number of nitrogens with zero attached hydrogens (tertiary/aromatic N) is 4. The van der Waals surface area contributed by atoms with E-state index in [4.69, 9.17) is 12.2 Å². The molecule has 8 heteroatoms. The van der Waals surface area contributed by atoms with Crippen molar-refractivity contribution in [3.63, 3.8) is 0 Å². The summed E-state index contributed by atoms with van der Waals surface area (Å²) in [6.45, 7) is 5.19. The molecule has 2 heterocycles. The molecular weight excluding hydrogens is 389 g/mol. The van der Waals surface area contributed by atoms with E-state index < -0.39 is 0 Å². The van der Waals surface area contributed by atoms with Gasteiger partial charge in [0.05, 0.1) is 18.0 Å². The fraction of sp³-hybridized carbons (Fsp3) is 0.190. The molecule has 0 amide bonds. The van der Waals surface area contributed by atoms with Crippen LogP contribution in [0.2, 0.25) is 0 Å². The SMILES string of the molecule is C=CCn1c(=O)c2ccccc2n2c(=S)n(C[NH+](C)Cc3cccc(F)c3)nc12. The number of halogens is 1. The third-order valence-corrected chi connectivity index (χ3v) is 5.20. The van der Waals surface area contributed by atoms with Crippen LogP contribution < -0.4 is 10.5 Å². The molecule has 1 N–H and O–H groups in total.